The summed E-state index contributed by atoms with van der Waals surface area (Å²) in [6.07, 6.45) is 1.31. The van der Waals surface area contributed by atoms with Gasteiger partial charge in [0, 0.05) is 11.9 Å². The van der Waals surface area contributed by atoms with Crippen molar-refractivity contribution in [2.75, 3.05) is 0 Å². The summed E-state index contributed by atoms with van der Waals surface area (Å²) < 4.78 is 1.30. The molecule has 24 heavy (non-hydrogen) atoms. The van der Waals surface area contributed by atoms with E-state index >= 15 is 0 Å². The average Bonchev–Trinajstić information content (AvgIpc) is 2.89. The van der Waals surface area contributed by atoms with Gasteiger partial charge in [0.25, 0.3) is 10.8 Å². The number of carbonyl (C=O) groups excluding carboxylic acids is 1. The summed E-state index contributed by atoms with van der Waals surface area (Å²) in [6, 6.07) is 11.8. The van der Waals surface area contributed by atoms with Crippen LogP contribution in [-0.4, -0.2) is 20.0 Å². The van der Waals surface area contributed by atoms with Gasteiger partial charge in [0.15, 0.2) is 5.82 Å². The molecule has 0 aliphatic rings. The van der Waals surface area contributed by atoms with Gasteiger partial charge in [0.2, 0.25) is 0 Å². The van der Waals surface area contributed by atoms with Crippen LogP contribution in [0, 0.1) is 18.3 Å². The molecule has 0 unspecified atom stereocenters. The van der Waals surface area contributed by atoms with Gasteiger partial charge < -0.3 is 0 Å². The van der Waals surface area contributed by atoms with Crippen LogP contribution in [0.1, 0.15) is 21.6 Å². The summed E-state index contributed by atoms with van der Waals surface area (Å²) in [7, 11) is 0. The summed E-state index contributed by atoms with van der Waals surface area (Å²) in [5.41, 5.74) is 2.39. The molecule has 3 rings (SSSR count). The number of H-pyrrole nitrogens is 1. The Morgan fingerprint density at radius 2 is 1.96 bits per heavy atom. The summed E-state index contributed by atoms with van der Waals surface area (Å²) in [5, 5.41) is 11.2. The Labute approximate surface area is 141 Å². The topological polar surface area (TPSA) is 91.5 Å². The Bertz CT molecular complexity index is 1010. The highest BCUT2D eigenvalue weighted by Gasteiger charge is 2.15. The standard InChI is InChI=1S/C17H11ClN4O2/c1-10-15(12-4-2-11(8-19)3-5-12)17(24)22(21-10)14-7-6-13(9-20-14)16(18)23/h2-7,9,21H,1H3. The van der Waals surface area contributed by atoms with Gasteiger partial charge in [-0.05, 0) is 48.4 Å². The number of halogens is 1. The zero-order valence-corrected chi connectivity index (χ0v) is 13.3. The van der Waals surface area contributed by atoms with Crippen LogP contribution in [0.3, 0.4) is 0 Å². The highest BCUT2D eigenvalue weighted by molar-refractivity contribution is 6.67. The average molecular weight is 339 g/mol. The molecule has 3 aromatic rings. The molecule has 0 fully saturated rings. The number of nitriles is 1. The lowest BCUT2D eigenvalue weighted by molar-refractivity contribution is 0.108. The number of aromatic amines is 1. The SMILES string of the molecule is Cc1[nH]n(-c2ccc(C(=O)Cl)cn2)c(=O)c1-c1ccc(C#N)cc1. The second-order valence-electron chi connectivity index (χ2n) is 5.12. The molecular formula is C17H11ClN4O2. The number of rotatable bonds is 3. The number of aromatic nitrogens is 3. The molecule has 0 spiro atoms. The van der Waals surface area contributed by atoms with Crippen LogP contribution in [0.5, 0.6) is 0 Å². The maximum absolute atomic E-state index is 12.7. The van der Waals surface area contributed by atoms with Gasteiger partial charge in [-0.3, -0.25) is 14.7 Å². The van der Waals surface area contributed by atoms with Gasteiger partial charge in [0.05, 0.1) is 22.8 Å². The molecule has 0 radical (unpaired) electrons. The number of carbonyl (C=O) groups is 1. The van der Waals surface area contributed by atoms with Crippen LogP contribution in [0.2, 0.25) is 0 Å². The second kappa shape index (κ2) is 6.14. The van der Waals surface area contributed by atoms with Crippen LogP contribution in [0.4, 0.5) is 0 Å². The van der Waals surface area contributed by atoms with Crippen LogP contribution in [0.25, 0.3) is 16.9 Å². The monoisotopic (exact) mass is 338 g/mol. The summed E-state index contributed by atoms with van der Waals surface area (Å²) >= 11 is 5.39. The molecule has 0 bridgehead atoms. The number of hydrogen-bond acceptors (Lipinski definition) is 4. The zero-order valence-electron chi connectivity index (χ0n) is 12.6. The molecule has 6 nitrogen and oxygen atoms in total. The molecule has 1 N–H and O–H groups in total. The fourth-order valence-corrected chi connectivity index (χ4v) is 2.51. The number of nitrogens with one attached hydrogen (secondary N) is 1. The molecular weight excluding hydrogens is 328 g/mol. The molecule has 7 heteroatoms. The van der Waals surface area contributed by atoms with E-state index in [0.717, 1.165) is 0 Å². The van der Waals surface area contributed by atoms with Gasteiger partial charge in [-0.2, -0.15) is 5.26 Å². The fraction of sp³-hybridized carbons (Fsp3) is 0.0588. The first kappa shape index (κ1) is 15.7. The van der Waals surface area contributed by atoms with Crippen molar-refractivity contribution >= 4 is 16.8 Å². The summed E-state index contributed by atoms with van der Waals surface area (Å²) in [4.78, 5) is 27.9. The molecule has 0 amide bonds. The molecule has 118 valence electrons. The van der Waals surface area contributed by atoms with Crippen molar-refractivity contribution in [3.8, 4) is 23.0 Å². The Morgan fingerprint density at radius 3 is 2.50 bits per heavy atom. The molecule has 0 saturated carbocycles. The van der Waals surface area contributed by atoms with E-state index in [0.29, 0.717) is 28.2 Å². The summed E-state index contributed by atoms with van der Waals surface area (Å²) in [6.45, 7) is 1.78. The lowest BCUT2D eigenvalue weighted by Gasteiger charge is -2.00. The highest BCUT2D eigenvalue weighted by atomic mass is 35.5. The lowest BCUT2D eigenvalue weighted by Crippen LogP contribution is -2.17. The predicted octanol–water partition coefficient (Wildman–Crippen LogP) is 2.79. The van der Waals surface area contributed by atoms with Crippen LogP contribution in [0.15, 0.2) is 47.4 Å². The van der Waals surface area contributed by atoms with Gasteiger partial charge in [0.1, 0.15) is 0 Å². The smallest absolute Gasteiger partial charge is 0.280 e. The minimum absolute atomic E-state index is 0.254. The van der Waals surface area contributed by atoms with Crippen molar-refractivity contribution in [1.82, 2.24) is 14.8 Å². The third-order valence-corrected chi connectivity index (χ3v) is 3.80. The van der Waals surface area contributed by atoms with Crippen molar-refractivity contribution in [1.29, 1.82) is 5.26 Å². The number of benzene rings is 1. The lowest BCUT2D eigenvalue weighted by atomic mass is 10.1. The van der Waals surface area contributed by atoms with Gasteiger partial charge in [-0.15, -0.1) is 0 Å². The minimum Gasteiger partial charge on any atom is -0.293 e. The highest BCUT2D eigenvalue weighted by Crippen LogP contribution is 2.20. The quantitative estimate of drug-likeness (QED) is 0.743. The normalized spacial score (nSPS) is 10.4. The molecule has 2 heterocycles. The first-order valence-electron chi connectivity index (χ1n) is 6.99. The van der Waals surface area contributed by atoms with Crippen LogP contribution in [-0.2, 0) is 0 Å². The van der Waals surface area contributed by atoms with Crippen molar-refractivity contribution < 1.29 is 4.79 Å². The Morgan fingerprint density at radius 1 is 1.25 bits per heavy atom. The minimum atomic E-state index is -0.609. The molecule has 0 aliphatic heterocycles. The molecule has 0 atom stereocenters. The largest absolute Gasteiger partial charge is 0.293 e. The van der Waals surface area contributed by atoms with E-state index in [1.54, 1.807) is 31.2 Å². The first-order valence-corrected chi connectivity index (χ1v) is 7.37. The van der Waals surface area contributed by atoms with E-state index in [2.05, 4.69) is 10.1 Å². The van der Waals surface area contributed by atoms with E-state index in [9.17, 15) is 9.59 Å². The predicted molar refractivity (Wildman–Crippen MR) is 89.3 cm³/mol. The Hall–Kier alpha value is -3.17. The van der Waals surface area contributed by atoms with Crippen LogP contribution >= 0.6 is 11.6 Å². The number of aryl methyl sites for hydroxylation is 1. The van der Waals surface area contributed by atoms with E-state index < -0.39 is 5.24 Å². The fourth-order valence-electron chi connectivity index (χ4n) is 2.39. The molecule has 0 saturated heterocycles. The molecule has 0 aliphatic carbocycles. The van der Waals surface area contributed by atoms with Gasteiger partial charge in [-0.1, -0.05) is 12.1 Å². The number of nitrogens with zero attached hydrogens (tertiary/aromatic N) is 3. The third kappa shape index (κ3) is 2.73. The van der Waals surface area contributed by atoms with E-state index in [4.69, 9.17) is 16.9 Å². The third-order valence-electron chi connectivity index (χ3n) is 3.58. The maximum atomic E-state index is 12.7. The van der Waals surface area contributed by atoms with Crippen molar-refractivity contribution in [3.63, 3.8) is 0 Å². The van der Waals surface area contributed by atoms with Gasteiger partial charge in [-0.25, -0.2) is 9.67 Å². The van der Waals surface area contributed by atoms with E-state index in [-0.39, 0.29) is 11.1 Å². The second-order valence-corrected chi connectivity index (χ2v) is 5.46. The maximum Gasteiger partial charge on any atom is 0.280 e. The van der Waals surface area contributed by atoms with E-state index in [1.165, 1.54) is 23.0 Å². The zero-order chi connectivity index (χ0) is 17.3. The Balaban J connectivity index is 2.07. The first-order chi connectivity index (χ1) is 11.5. The Kier molecular flexibility index (Phi) is 4.02. The number of hydrogen-bond donors (Lipinski definition) is 1. The van der Waals surface area contributed by atoms with Crippen LogP contribution < -0.4 is 5.56 Å². The molecule has 1 aromatic carbocycles. The summed E-state index contributed by atoms with van der Waals surface area (Å²) in [5.74, 6) is 0.352. The van der Waals surface area contributed by atoms with Crippen molar-refractivity contribution in [2.24, 2.45) is 0 Å². The van der Waals surface area contributed by atoms with Crippen molar-refractivity contribution in [2.45, 2.75) is 6.92 Å². The molecule has 2 aromatic heterocycles. The number of pyridine rings is 1. The van der Waals surface area contributed by atoms with E-state index in [1.807, 2.05) is 6.07 Å². The van der Waals surface area contributed by atoms with Gasteiger partial charge >= 0.3 is 0 Å². The van der Waals surface area contributed by atoms with Crippen molar-refractivity contribution in [3.05, 3.63) is 69.8 Å².